The maximum atomic E-state index is 5.01. The summed E-state index contributed by atoms with van der Waals surface area (Å²) in [7, 11) is -0.800. The molecule has 1 heterocycles. The van der Waals surface area contributed by atoms with E-state index in [-0.39, 0.29) is 0 Å². The van der Waals surface area contributed by atoms with Crippen molar-refractivity contribution in [3.8, 4) is 0 Å². The lowest BCUT2D eigenvalue weighted by Gasteiger charge is -2.27. The molecule has 0 aliphatic heterocycles. The zero-order valence-corrected chi connectivity index (χ0v) is 23.8. The fraction of sp³-hybridized carbons (Fsp3) is 0.200. The summed E-state index contributed by atoms with van der Waals surface area (Å²) in [6, 6.07) is 37.2. The van der Waals surface area contributed by atoms with Crippen LogP contribution in [-0.4, -0.2) is 11.2 Å². The number of pyridine rings is 1. The maximum absolute atomic E-state index is 5.01. The van der Waals surface area contributed by atoms with Gasteiger partial charge in [0.15, 0.2) is 0 Å². The minimum absolute atomic E-state index is 0.438. The predicted molar refractivity (Wildman–Crippen MR) is 167 cm³/mol. The molecule has 190 valence electrons. The minimum Gasteiger partial charge on any atom is -0.254 e. The largest absolute Gasteiger partial charge is 0.254 e. The maximum Gasteiger partial charge on any atom is 0.0961 e. The van der Waals surface area contributed by atoms with Gasteiger partial charge in [0.1, 0.15) is 0 Å². The van der Waals surface area contributed by atoms with Gasteiger partial charge in [-0.2, -0.15) is 0 Å². The van der Waals surface area contributed by atoms with Crippen LogP contribution >= 0.6 is 7.92 Å². The molecule has 0 aliphatic rings. The Morgan fingerprint density at radius 3 is 1.84 bits per heavy atom. The van der Waals surface area contributed by atoms with Crippen molar-refractivity contribution in [3.05, 3.63) is 126 Å². The van der Waals surface area contributed by atoms with Gasteiger partial charge in [0.2, 0.25) is 0 Å². The van der Waals surface area contributed by atoms with E-state index >= 15 is 0 Å². The summed E-state index contributed by atoms with van der Waals surface area (Å²) in [4.78, 5) is 9.81. The summed E-state index contributed by atoms with van der Waals surface area (Å²) >= 11 is 0. The molecule has 0 unspecified atom stereocenters. The average Bonchev–Trinajstić information content (AvgIpc) is 2.93. The Balaban J connectivity index is 1.71. The van der Waals surface area contributed by atoms with Crippen LogP contribution in [-0.2, 0) is 0 Å². The molecule has 4 aromatic carbocycles. The van der Waals surface area contributed by atoms with E-state index in [1.165, 1.54) is 27.0 Å². The summed E-state index contributed by atoms with van der Waals surface area (Å²) in [5.74, 6) is 0.876. The van der Waals surface area contributed by atoms with Crippen molar-refractivity contribution in [1.82, 2.24) is 4.98 Å². The zero-order valence-electron chi connectivity index (χ0n) is 22.9. The van der Waals surface area contributed by atoms with Crippen LogP contribution < -0.4 is 15.9 Å². The molecule has 0 N–H and O–H groups in total. The number of hydrogen-bond acceptors (Lipinski definition) is 2. The van der Waals surface area contributed by atoms with Gasteiger partial charge in [0.25, 0.3) is 0 Å². The molecule has 0 radical (unpaired) electrons. The molecule has 3 heteroatoms. The first-order valence-electron chi connectivity index (χ1n) is 13.4. The minimum atomic E-state index is -0.800. The van der Waals surface area contributed by atoms with Crippen molar-refractivity contribution in [1.29, 1.82) is 0 Å². The lowest BCUT2D eigenvalue weighted by atomic mass is 10.0. The van der Waals surface area contributed by atoms with Gasteiger partial charge in [-0.3, -0.25) is 9.98 Å². The third-order valence-corrected chi connectivity index (χ3v) is 9.63. The molecule has 1 aromatic heterocycles. The Kier molecular flexibility index (Phi) is 7.82. The second-order valence-electron chi connectivity index (χ2n) is 10.4. The van der Waals surface area contributed by atoms with E-state index < -0.39 is 7.92 Å². The molecule has 0 aliphatic carbocycles. The number of aromatic nitrogens is 1. The van der Waals surface area contributed by atoms with Crippen molar-refractivity contribution in [2.75, 3.05) is 0 Å². The Morgan fingerprint density at radius 2 is 1.21 bits per heavy atom. The highest BCUT2D eigenvalue weighted by atomic mass is 31.1. The van der Waals surface area contributed by atoms with Crippen molar-refractivity contribution >= 4 is 46.6 Å². The second kappa shape index (κ2) is 11.4. The molecule has 5 rings (SSSR count). The van der Waals surface area contributed by atoms with E-state index in [2.05, 4.69) is 131 Å². The fourth-order valence-corrected chi connectivity index (χ4v) is 8.08. The summed E-state index contributed by atoms with van der Waals surface area (Å²) in [6.45, 7) is 11.2. The zero-order chi connectivity index (χ0) is 26.6. The van der Waals surface area contributed by atoms with Gasteiger partial charge in [-0.25, -0.2) is 0 Å². The number of benzene rings is 4. The van der Waals surface area contributed by atoms with E-state index in [0.717, 1.165) is 27.8 Å². The van der Waals surface area contributed by atoms with Crippen LogP contribution in [0.1, 0.15) is 61.9 Å². The summed E-state index contributed by atoms with van der Waals surface area (Å²) in [5, 5.41) is 5.29. The molecule has 5 aromatic rings. The topological polar surface area (TPSA) is 25.2 Å². The standard InChI is InChI=1S/C35H35N2P/c1-24(2)29-15-7-10-19-33(29)38(34-20-11-8-16-30(34)25(3)4)32-18-9-6-13-28(32)23-36-31-17-12-14-27-22-21-26(5)37-35(27)31/h6-25H,1-5H3. The van der Waals surface area contributed by atoms with Crippen LogP contribution in [0.5, 0.6) is 0 Å². The van der Waals surface area contributed by atoms with E-state index in [4.69, 9.17) is 9.98 Å². The third kappa shape index (κ3) is 5.33. The first-order chi connectivity index (χ1) is 18.4. The fourth-order valence-electron chi connectivity index (χ4n) is 5.02. The highest BCUT2D eigenvalue weighted by Gasteiger charge is 2.25. The lowest BCUT2D eigenvalue weighted by Crippen LogP contribution is -2.28. The first kappa shape index (κ1) is 26.0. The summed E-state index contributed by atoms with van der Waals surface area (Å²) in [6.07, 6.45) is 2.04. The van der Waals surface area contributed by atoms with Gasteiger partial charge in [-0.1, -0.05) is 119 Å². The van der Waals surface area contributed by atoms with Crippen molar-refractivity contribution in [3.63, 3.8) is 0 Å². The van der Waals surface area contributed by atoms with Crippen LogP contribution in [0.4, 0.5) is 5.69 Å². The molecule has 0 amide bonds. The predicted octanol–water partition coefficient (Wildman–Crippen LogP) is 8.30. The number of para-hydroxylation sites is 1. The molecule has 2 nitrogen and oxygen atoms in total. The SMILES string of the molecule is Cc1ccc2cccc(N=Cc3ccccc3P(c3ccccc3C(C)C)c3ccccc3C(C)C)c2n1. The molecular weight excluding hydrogens is 479 g/mol. The van der Waals surface area contributed by atoms with E-state index in [1.807, 2.05) is 13.1 Å². The highest BCUT2D eigenvalue weighted by molar-refractivity contribution is 7.80. The number of nitrogens with zero attached hydrogens (tertiary/aromatic N) is 2. The number of aryl methyl sites for hydroxylation is 1. The Bertz CT molecular complexity index is 1550. The van der Waals surface area contributed by atoms with Gasteiger partial charge in [-0.15, -0.1) is 0 Å². The number of hydrogen-bond donors (Lipinski definition) is 0. The molecule has 0 bridgehead atoms. The molecular formula is C35H35N2P. The van der Waals surface area contributed by atoms with Crippen LogP contribution in [0.3, 0.4) is 0 Å². The molecule has 0 saturated carbocycles. The van der Waals surface area contributed by atoms with Gasteiger partial charge < -0.3 is 0 Å². The highest BCUT2D eigenvalue weighted by Crippen LogP contribution is 2.39. The molecule has 0 fully saturated rings. The summed E-state index contributed by atoms with van der Waals surface area (Å²) in [5.41, 5.74) is 6.82. The van der Waals surface area contributed by atoms with Crippen molar-refractivity contribution in [2.45, 2.75) is 46.5 Å². The Hall–Kier alpha value is -3.61. The smallest absolute Gasteiger partial charge is 0.0961 e. The monoisotopic (exact) mass is 514 g/mol. The van der Waals surface area contributed by atoms with E-state index in [0.29, 0.717) is 11.8 Å². The van der Waals surface area contributed by atoms with E-state index in [9.17, 15) is 0 Å². The van der Waals surface area contributed by atoms with Crippen molar-refractivity contribution < 1.29 is 0 Å². The molecule has 0 atom stereocenters. The van der Waals surface area contributed by atoms with E-state index in [1.54, 1.807) is 0 Å². The molecule has 0 spiro atoms. The normalized spacial score (nSPS) is 11.9. The van der Waals surface area contributed by atoms with Gasteiger partial charge in [0, 0.05) is 22.9 Å². The lowest BCUT2D eigenvalue weighted by molar-refractivity contribution is 0.872. The Labute approximate surface area is 228 Å². The van der Waals surface area contributed by atoms with Gasteiger partial charge in [-0.05, 0) is 65.9 Å². The number of fused-ring (bicyclic) bond motifs is 1. The van der Waals surface area contributed by atoms with Crippen LogP contribution in [0.2, 0.25) is 0 Å². The van der Waals surface area contributed by atoms with Crippen LogP contribution in [0.15, 0.2) is 108 Å². The molecule has 38 heavy (non-hydrogen) atoms. The van der Waals surface area contributed by atoms with Gasteiger partial charge >= 0.3 is 0 Å². The first-order valence-corrected chi connectivity index (χ1v) is 14.8. The second-order valence-corrected chi connectivity index (χ2v) is 12.5. The summed E-state index contributed by atoms with van der Waals surface area (Å²) < 4.78 is 0. The van der Waals surface area contributed by atoms with Gasteiger partial charge in [0.05, 0.1) is 11.2 Å². The van der Waals surface area contributed by atoms with Crippen LogP contribution in [0.25, 0.3) is 10.9 Å². The quantitative estimate of drug-likeness (QED) is 0.158. The van der Waals surface area contributed by atoms with Crippen molar-refractivity contribution in [2.24, 2.45) is 4.99 Å². The Morgan fingerprint density at radius 1 is 0.632 bits per heavy atom. The van der Waals surface area contributed by atoms with Crippen LogP contribution in [0, 0.1) is 6.92 Å². The third-order valence-electron chi connectivity index (χ3n) is 6.96. The number of rotatable bonds is 7. The molecule has 0 saturated heterocycles. The number of aliphatic imine (C=N–C) groups is 1. The average molecular weight is 515 g/mol.